The van der Waals surface area contributed by atoms with E-state index in [-0.39, 0.29) is 5.82 Å². The highest BCUT2D eigenvalue weighted by molar-refractivity contribution is 7.98. The van der Waals surface area contributed by atoms with Gasteiger partial charge in [0, 0.05) is 23.7 Å². The average molecular weight is 289 g/mol. The van der Waals surface area contributed by atoms with Crippen molar-refractivity contribution in [2.75, 3.05) is 0 Å². The summed E-state index contributed by atoms with van der Waals surface area (Å²) in [6.45, 7) is 0.796. The van der Waals surface area contributed by atoms with Crippen molar-refractivity contribution >= 4 is 11.8 Å². The topological polar surface area (TPSA) is 37.8 Å². The summed E-state index contributed by atoms with van der Waals surface area (Å²) in [4.78, 5) is 9.69. The van der Waals surface area contributed by atoms with Crippen LogP contribution in [0.3, 0.4) is 0 Å². The Balaban J connectivity index is 1.57. The van der Waals surface area contributed by atoms with Gasteiger partial charge in [-0.3, -0.25) is 0 Å². The molecular weight excluding hydrogens is 273 g/mol. The zero-order valence-corrected chi connectivity index (χ0v) is 11.9. The molecule has 1 saturated carbocycles. The third kappa shape index (κ3) is 4.02. The Hall–Kier alpha value is -1.46. The van der Waals surface area contributed by atoms with Crippen LogP contribution in [0.1, 0.15) is 24.4 Å². The van der Waals surface area contributed by atoms with Crippen molar-refractivity contribution in [2.24, 2.45) is 0 Å². The largest absolute Gasteiger partial charge is 0.308 e. The number of nitrogens with one attached hydrogen (secondary N) is 1. The van der Waals surface area contributed by atoms with Crippen LogP contribution in [0.2, 0.25) is 0 Å². The highest BCUT2D eigenvalue weighted by Crippen LogP contribution is 2.22. The molecule has 0 bridgehead atoms. The molecule has 1 aromatic heterocycles. The summed E-state index contributed by atoms with van der Waals surface area (Å²) < 4.78 is 13.1. The third-order valence-corrected chi connectivity index (χ3v) is 4.07. The van der Waals surface area contributed by atoms with E-state index in [9.17, 15) is 4.39 Å². The molecule has 0 aliphatic heterocycles. The molecule has 0 unspecified atom stereocenters. The van der Waals surface area contributed by atoms with Gasteiger partial charge in [-0.2, -0.15) is 0 Å². The summed E-state index contributed by atoms with van der Waals surface area (Å²) in [5.74, 6) is 1.23. The predicted molar refractivity (Wildman–Crippen MR) is 77.9 cm³/mol. The molecule has 5 heteroatoms. The van der Waals surface area contributed by atoms with Gasteiger partial charge < -0.3 is 5.32 Å². The summed E-state index contributed by atoms with van der Waals surface area (Å²) in [5.41, 5.74) is 1.02. The zero-order chi connectivity index (χ0) is 13.8. The molecule has 3 rings (SSSR count). The van der Waals surface area contributed by atoms with Crippen molar-refractivity contribution in [3.05, 3.63) is 53.9 Å². The Kier molecular flexibility index (Phi) is 4.28. The highest BCUT2D eigenvalue weighted by atomic mass is 32.2. The number of aromatic nitrogens is 2. The monoisotopic (exact) mass is 289 g/mol. The molecule has 1 heterocycles. The first-order valence-corrected chi connectivity index (χ1v) is 7.71. The summed E-state index contributed by atoms with van der Waals surface area (Å²) in [5, 5.41) is 3.43. The van der Waals surface area contributed by atoms with Crippen molar-refractivity contribution < 1.29 is 4.39 Å². The first-order valence-electron chi connectivity index (χ1n) is 6.72. The molecule has 0 atom stereocenters. The molecule has 1 aliphatic carbocycles. The van der Waals surface area contributed by atoms with E-state index in [4.69, 9.17) is 0 Å². The number of hydrogen-bond donors (Lipinski definition) is 1. The first-order chi connectivity index (χ1) is 9.79. The van der Waals surface area contributed by atoms with Crippen LogP contribution >= 0.6 is 11.8 Å². The van der Waals surface area contributed by atoms with Crippen molar-refractivity contribution in [2.45, 2.75) is 36.1 Å². The van der Waals surface area contributed by atoms with Gasteiger partial charge in [0.1, 0.15) is 11.6 Å². The maximum atomic E-state index is 13.1. The van der Waals surface area contributed by atoms with Crippen molar-refractivity contribution in [1.29, 1.82) is 0 Å². The molecule has 0 saturated heterocycles. The van der Waals surface area contributed by atoms with Gasteiger partial charge in [-0.15, -0.1) is 11.8 Å². The maximum absolute atomic E-state index is 13.1. The second-order valence-corrected chi connectivity index (χ2v) is 5.91. The van der Waals surface area contributed by atoms with E-state index in [1.54, 1.807) is 24.0 Å². The minimum Gasteiger partial charge on any atom is -0.308 e. The number of hydrogen-bond acceptors (Lipinski definition) is 4. The molecule has 1 N–H and O–H groups in total. The van der Waals surface area contributed by atoms with Gasteiger partial charge in [0.15, 0.2) is 0 Å². The molecule has 0 spiro atoms. The van der Waals surface area contributed by atoms with Crippen molar-refractivity contribution in [3.8, 4) is 0 Å². The lowest BCUT2D eigenvalue weighted by Crippen LogP contribution is -2.16. The predicted octanol–water partition coefficient (Wildman–Crippen LogP) is 3.16. The maximum Gasteiger partial charge on any atom is 0.138 e. The second-order valence-electron chi connectivity index (χ2n) is 4.87. The molecule has 1 aromatic carbocycles. The van der Waals surface area contributed by atoms with Gasteiger partial charge in [-0.1, -0.05) is 6.07 Å². The van der Waals surface area contributed by atoms with Gasteiger partial charge in [0.05, 0.1) is 11.4 Å². The van der Waals surface area contributed by atoms with Crippen LogP contribution in [0.15, 0.2) is 41.4 Å². The van der Waals surface area contributed by atoms with E-state index in [1.807, 2.05) is 12.1 Å². The van der Waals surface area contributed by atoms with E-state index < -0.39 is 0 Å². The summed E-state index contributed by atoms with van der Waals surface area (Å²) in [6, 6.07) is 9.20. The molecule has 20 heavy (non-hydrogen) atoms. The number of benzene rings is 1. The van der Waals surface area contributed by atoms with E-state index in [0.717, 1.165) is 23.0 Å². The highest BCUT2D eigenvalue weighted by Gasteiger charge is 2.20. The van der Waals surface area contributed by atoms with Crippen molar-refractivity contribution in [3.63, 3.8) is 0 Å². The van der Waals surface area contributed by atoms with Gasteiger partial charge in [0.2, 0.25) is 0 Å². The molecular formula is C15H16FN3S. The van der Waals surface area contributed by atoms with Crippen LogP contribution in [0.4, 0.5) is 4.39 Å². The Morgan fingerprint density at radius 3 is 3.00 bits per heavy atom. The Morgan fingerprint density at radius 2 is 2.20 bits per heavy atom. The molecule has 1 fully saturated rings. The van der Waals surface area contributed by atoms with Crippen LogP contribution in [0, 0.1) is 5.82 Å². The lowest BCUT2D eigenvalue weighted by atomic mass is 10.4. The lowest BCUT2D eigenvalue weighted by Gasteiger charge is -2.05. The Labute approximate surface area is 122 Å². The smallest absolute Gasteiger partial charge is 0.138 e. The summed E-state index contributed by atoms with van der Waals surface area (Å²) in [6.07, 6.45) is 4.33. The zero-order valence-electron chi connectivity index (χ0n) is 11.1. The van der Waals surface area contributed by atoms with E-state index in [2.05, 4.69) is 15.3 Å². The normalized spacial score (nSPS) is 14.4. The van der Waals surface area contributed by atoms with Crippen LogP contribution in [-0.4, -0.2) is 16.0 Å². The average Bonchev–Trinajstić information content (AvgIpc) is 3.28. The molecule has 1 aliphatic rings. The fraction of sp³-hybridized carbons (Fsp3) is 0.333. The summed E-state index contributed by atoms with van der Waals surface area (Å²) in [7, 11) is 0. The number of halogens is 1. The van der Waals surface area contributed by atoms with Crippen LogP contribution < -0.4 is 5.32 Å². The quantitative estimate of drug-likeness (QED) is 0.829. The number of rotatable bonds is 6. The Morgan fingerprint density at radius 1 is 1.30 bits per heavy atom. The number of nitrogens with zero attached hydrogens (tertiary/aromatic N) is 2. The molecule has 104 valence electrons. The second kappa shape index (κ2) is 6.33. The molecule has 0 amide bonds. The van der Waals surface area contributed by atoms with E-state index in [0.29, 0.717) is 11.8 Å². The van der Waals surface area contributed by atoms with E-state index in [1.165, 1.54) is 25.0 Å². The minimum atomic E-state index is -0.210. The van der Waals surface area contributed by atoms with Gasteiger partial charge in [-0.25, -0.2) is 14.4 Å². The molecule has 0 radical (unpaired) electrons. The summed E-state index contributed by atoms with van der Waals surface area (Å²) >= 11 is 1.55. The van der Waals surface area contributed by atoms with Crippen molar-refractivity contribution in [1.82, 2.24) is 15.3 Å². The fourth-order valence-corrected chi connectivity index (χ4v) is 2.66. The third-order valence-electron chi connectivity index (χ3n) is 3.08. The van der Waals surface area contributed by atoms with Gasteiger partial charge >= 0.3 is 0 Å². The SMILES string of the molecule is Fc1cccc(SCc2nccc(CNC3CC3)n2)c1. The van der Waals surface area contributed by atoms with E-state index >= 15 is 0 Å². The van der Waals surface area contributed by atoms with Crippen LogP contribution in [0.25, 0.3) is 0 Å². The first kappa shape index (κ1) is 13.5. The van der Waals surface area contributed by atoms with Crippen LogP contribution in [-0.2, 0) is 12.3 Å². The van der Waals surface area contributed by atoms with Crippen LogP contribution in [0.5, 0.6) is 0 Å². The fourth-order valence-electron chi connectivity index (χ4n) is 1.85. The number of thioether (sulfide) groups is 1. The lowest BCUT2D eigenvalue weighted by molar-refractivity contribution is 0.624. The Bertz CT molecular complexity index is 587. The minimum absolute atomic E-state index is 0.210. The standard InChI is InChI=1S/C15H16FN3S/c16-11-2-1-3-14(8-11)20-10-15-17-7-6-13(19-15)9-18-12-4-5-12/h1-3,6-8,12,18H,4-5,9-10H2. The molecule has 3 nitrogen and oxygen atoms in total. The molecule has 2 aromatic rings. The van der Waals surface area contributed by atoms with Gasteiger partial charge in [0.25, 0.3) is 0 Å². The van der Waals surface area contributed by atoms with Gasteiger partial charge in [-0.05, 0) is 37.1 Å².